The van der Waals surface area contributed by atoms with Gasteiger partial charge in [-0.25, -0.2) is 12.8 Å². The topological polar surface area (TPSA) is 70.5 Å². The van der Waals surface area contributed by atoms with E-state index >= 15 is 0 Å². The van der Waals surface area contributed by atoms with E-state index in [-0.39, 0.29) is 30.8 Å². The first-order chi connectivity index (χ1) is 11.7. The van der Waals surface area contributed by atoms with Crippen molar-refractivity contribution in [2.45, 2.75) is 37.2 Å². The van der Waals surface area contributed by atoms with Crippen LogP contribution in [0.3, 0.4) is 0 Å². The zero-order valence-electron chi connectivity index (χ0n) is 14.2. The van der Waals surface area contributed by atoms with E-state index in [1.54, 1.807) is 19.2 Å². The highest BCUT2D eigenvalue weighted by molar-refractivity contribution is 7.89. The maximum Gasteiger partial charge on any atom is 0.243 e. The third-order valence-electron chi connectivity index (χ3n) is 4.72. The second kappa shape index (κ2) is 6.48. The van der Waals surface area contributed by atoms with Gasteiger partial charge in [-0.15, -0.1) is 0 Å². The highest BCUT2D eigenvalue weighted by atomic mass is 32.2. The lowest BCUT2D eigenvalue weighted by atomic mass is 9.88. The largest absolute Gasteiger partial charge is 0.383 e. The van der Waals surface area contributed by atoms with Crippen molar-refractivity contribution in [1.82, 2.24) is 9.29 Å². The summed E-state index contributed by atoms with van der Waals surface area (Å²) in [4.78, 5) is 4.21. The summed E-state index contributed by atoms with van der Waals surface area (Å²) in [6.45, 7) is 3.81. The minimum atomic E-state index is -3.78. The average molecular weight is 364 g/mol. The first-order valence-electron chi connectivity index (χ1n) is 8.14. The minimum Gasteiger partial charge on any atom is -0.383 e. The number of hydrogen-bond donors (Lipinski definition) is 1. The van der Waals surface area contributed by atoms with Gasteiger partial charge >= 0.3 is 0 Å². The second-order valence-electron chi connectivity index (χ2n) is 6.57. The fraction of sp³-hybridized carbons (Fsp3) is 0.389. The summed E-state index contributed by atoms with van der Waals surface area (Å²) >= 11 is 0. The van der Waals surface area contributed by atoms with E-state index in [1.165, 1.54) is 16.4 Å². The maximum absolute atomic E-state index is 13.7. The number of nitrogens with zero attached hydrogens (tertiary/aromatic N) is 2. The molecular formula is C18H21FN2O3S. The quantitative estimate of drug-likeness (QED) is 0.908. The van der Waals surface area contributed by atoms with Crippen molar-refractivity contribution >= 4 is 10.0 Å². The van der Waals surface area contributed by atoms with Gasteiger partial charge in [-0.2, -0.15) is 4.31 Å². The highest BCUT2D eigenvalue weighted by Gasteiger charge is 2.39. The number of aromatic nitrogens is 1. The van der Waals surface area contributed by atoms with Crippen molar-refractivity contribution in [3.8, 4) is 0 Å². The van der Waals surface area contributed by atoms with E-state index in [1.807, 2.05) is 13.0 Å². The smallest absolute Gasteiger partial charge is 0.243 e. The number of rotatable bonds is 3. The number of sulfonamides is 1. The number of aryl methyl sites for hydroxylation is 2. The van der Waals surface area contributed by atoms with Gasteiger partial charge in [0.25, 0.3) is 0 Å². The van der Waals surface area contributed by atoms with Gasteiger partial charge in [0.2, 0.25) is 10.0 Å². The van der Waals surface area contributed by atoms with Gasteiger partial charge in [0.05, 0.1) is 10.6 Å². The van der Waals surface area contributed by atoms with Crippen LogP contribution in [0, 0.1) is 19.7 Å². The fourth-order valence-corrected chi connectivity index (χ4v) is 4.43. The molecule has 3 rings (SSSR count). The van der Waals surface area contributed by atoms with E-state index in [0.29, 0.717) is 11.3 Å². The van der Waals surface area contributed by atoms with Crippen LogP contribution in [0.5, 0.6) is 0 Å². The van der Waals surface area contributed by atoms with Crippen molar-refractivity contribution in [3.63, 3.8) is 0 Å². The predicted molar refractivity (Wildman–Crippen MR) is 92.0 cm³/mol. The molecule has 1 N–H and O–H groups in total. The summed E-state index contributed by atoms with van der Waals surface area (Å²) in [7, 11) is -3.78. The Balaban J connectivity index is 1.79. The molecular weight excluding hydrogens is 343 g/mol. The van der Waals surface area contributed by atoms with Gasteiger partial charge in [0, 0.05) is 19.3 Å². The van der Waals surface area contributed by atoms with Crippen LogP contribution in [-0.2, 0) is 15.6 Å². The van der Waals surface area contributed by atoms with Crippen molar-refractivity contribution in [2.75, 3.05) is 13.1 Å². The molecule has 0 unspecified atom stereocenters. The lowest BCUT2D eigenvalue weighted by Crippen LogP contribution is -2.45. The van der Waals surface area contributed by atoms with Crippen molar-refractivity contribution < 1.29 is 17.9 Å². The molecule has 7 heteroatoms. The second-order valence-corrected chi connectivity index (χ2v) is 8.51. The molecule has 25 heavy (non-hydrogen) atoms. The van der Waals surface area contributed by atoms with Crippen LogP contribution in [0.4, 0.5) is 4.39 Å². The molecule has 1 fully saturated rings. The predicted octanol–water partition coefficient (Wildman–Crippen LogP) is 2.51. The Bertz CT molecular complexity index is 874. The van der Waals surface area contributed by atoms with Gasteiger partial charge in [-0.1, -0.05) is 12.1 Å². The Morgan fingerprint density at radius 3 is 2.40 bits per heavy atom. The molecule has 0 aliphatic carbocycles. The van der Waals surface area contributed by atoms with Gasteiger partial charge < -0.3 is 5.11 Å². The normalized spacial score (nSPS) is 18.2. The Morgan fingerprint density at radius 1 is 1.16 bits per heavy atom. The van der Waals surface area contributed by atoms with Crippen LogP contribution < -0.4 is 0 Å². The molecule has 0 bridgehead atoms. The monoisotopic (exact) mass is 364 g/mol. The summed E-state index contributed by atoms with van der Waals surface area (Å²) in [6.07, 6.45) is 2.18. The number of halogens is 1. The Kier molecular flexibility index (Phi) is 4.66. The van der Waals surface area contributed by atoms with Gasteiger partial charge in [0.15, 0.2) is 0 Å². The van der Waals surface area contributed by atoms with E-state index in [0.717, 1.165) is 11.6 Å². The third-order valence-corrected chi connectivity index (χ3v) is 6.61. The summed E-state index contributed by atoms with van der Waals surface area (Å²) in [5, 5.41) is 10.8. The van der Waals surface area contributed by atoms with Crippen molar-refractivity contribution in [3.05, 3.63) is 59.2 Å². The van der Waals surface area contributed by atoms with Crippen LogP contribution in [0.25, 0.3) is 0 Å². The lowest BCUT2D eigenvalue weighted by Gasteiger charge is -2.37. The highest BCUT2D eigenvalue weighted by Crippen LogP contribution is 2.33. The van der Waals surface area contributed by atoms with E-state index in [2.05, 4.69) is 4.98 Å². The molecule has 1 saturated heterocycles. The lowest BCUT2D eigenvalue weighted by molar-refractivity contribution is -0.0134. The molecule has 5 nitrogen and oxygen atoms in total. The molecule has 2 aromatic rings. The van der Waals surface area contributed by atoms with Crippen molar-refractivity contribution in [1.29, 1.82) is 0 Å². The van der Waals surface area contributed by atoms with Crippen LogP contribution in [0.2, 0.25) is 0 Å². The zero-order valence-corrected chi connectivity index (χ0v) is 15.1. The first kappa shape index (κ1) is 18.0. The molecule has 0 radical (unpaired) electrons. The summed E-state index contributed by atoms with van der Waals surface area (Å²) in [5.41, 5.74) is 0.806. The summed E-state index contributed by atoms with van der Waals surface area (Å²) in [6, 6.07) is 7.56. The fourth-order valence-electron chi connectivity index (χ4n) is 2.98. The van der Waals surface area contributed by atoms with Crippen LogP contribution >= 0.6 is 0 Å². The molecule has 134 valence electrons. The van der Waals surface area contributed by atoms with E-state index in [9.17, 15) is 17.9 Å². The molecule has 1 aromatic heterocycles. The minimum absolute atomic E-state index is 0.0606. The maximum atomic E-state index is 13.7. The Labute approximate surface area is 147 Å². The van der Waals surface area contributed by atoms with Crippen LogP contribution in [0.1, 0.15) is 29.7 Å². The average Bonchev–Trinajstić information content (AvgIpc) is 2.58. The molecule has 0 atom stereocenters. The standard InChI is InChI=1S/C18H21FN2O3S/c1-13-3-6-17(20-12-13)18(22)7-9-21(10-8-18)25(23,24)15-5-4-14(2)16(19)11-15/h3-6,11-12,22H,7-10H2,1-2H3. The van der Waals surface area contributed by atoms with Crippen LogP contribution in [-0.4, -0.2) is 35.9 Å². The molecule has 2 heterocycles. The molecule has 0 spiro atoms. The number of hydrogen-bond acceptors (Lipinski definition) is 4. The third kappa shape index (κ3) is 3.44. The molecule has 1 aliphatic heterocycles. The Hall–Kier alpha value is -1.83. The van der Waals surface area contributed by atoms with Crippen LogP contribution in [0.15, 0.2) is 41.4 Å². The summed E-state index contributed by atoms with van der Waals surface area (Å²) < 4.78 is 40.4. The molecule has 0 amide bonds. The Morgan fingerprint density at radius 2 is 1.84 bits per heavy atom. The van der Waals surface area contributed by atoms with E-state index < -0.39 is 21.4 Å². The van der Waals surface area contributed by atoms with Gasteiger partial charge in [-0.05, 0) is 56.0 Å². The molecule has 0 saturated carbocycles. The number of piperidine rings is 1. The number of benzene rings is 1. The van der Waals surface area contributed by atoms with Gasteiger partial charge in [0.1, 0.15) is 11.4 Å². The number of pyridine rings is 1. The molecule has 1 aliphatic rings. The summed E-state index contributed by atoms with van der Waals surface area (Å²) in [5.74, 6) is -0.543. The number of aliphatic hydroxyl groups is 1. The molecule has 1 aromatic carbocycles. The van der Waals surface area contributed by atoms with E-state index in [4.69, 9.17) is 0 Å². The SMILES string of the molecule is Cc1ccc(C2(O)CCN(S(=O)(=O)c3ccc(C)c(F)c3)CC2)nc1. The van der Waals surface area contributed by atoms with Gasteiger partial charge in [-0.3, -0.25) is 4.98 Å². The van der Waals surface area contributed by atoms with Crippen molar-refractivity contribution in [2.24, 2.45) is 0 Å². The zero-order chi connectivity index (χ0) is 18.2. The first-order valence-corrected chi connectivity index (χ1v) is 9.58.